The molecule has 4 heterocycles. The van der Waals surface area contributed by atoms with E-state index in [1.807, 2.05) is 0 Å². The van der Waals surface area contributed by atoms with Crippen molar-refractivity contribution in [3.8, 4) is 0 Å². The minimum Gasteiger partial charge on any atom is -0.379 e. The third-order valence-electron chi connectivity index (χ3n) is 4.53. The van der Waals surface area contributed by atoms with Crippen LogP contribution in [0.1, 0.15) is 22.8 Å². The van der Waals surface area contributed by atoms with Crippen molar-refractivity contribution in [1.82, 2.24) is 19.2 Å². The second-order valence-corrected chi connectivity index (χ2v) is 6.21. The first-order chi connectivity index (χ1) is 13.1. The van der Waals surface area contributed by atoms with Gasteiger partial charge in [-0.05, 0) is 18.6 Å². The van der Waals surface area contributed by atoms with E-state index < -0.39 is 5.91 Å². The van der Waals surface area contributed by atoms with Crippen LogP contribution in [0.25, 0.3) is 5.65 Å². The Balaban J connectivity index is 1.75. The molecule has 1 saturated heterocycles. The standard InChI is InChI=1S/C17H19N7O3/c1-19-14-7-13(22-16-11(15(18)25)8-20-24(14)16)21-12-3-2-5-23(17(12)26)10-4-6-27-9-10/h2-3,5,7-8,10,19H,4,6,9H2,1H3,(H2,18,25)(H,21,22). The highest BCUT2D eigenvalue weighted by molar-refractivity contribution is 5.98. The van der Waals surface area contributed by atoms with Gasteiger partial charge in [-0.3, -0.25) is 9.59 Å². The van der Waals surface area contributed by atoms with E-state index in [2.05, 4.69) is 20.7 Å². The molecule has 1 amide bonds. The van der Waals surface area contributed by atoms with E-state index in [0.717, 1.165) is 6.42 Å². The molecule has 140 valence electrons. The monoisotopic (exact) mass is 369 g/mol. The predicted molar refractivity (Wildman–Crippen MR) is 99.5 cm³/mol. The van der Waals surface area contributed by atoms with E-state index in [-0.39, 0.29) is 17.2 Å². The van der Waals surface area contributed by atoms with Crippen molar-refractivity contribution in [1.29, 1.82) is 0 Å². The summed E-state index contributed by atoms with van der Waals surface area (Å²) in [6.45, 7) is 1.17. The number of pyridine rings is 1. The molecular weight excluding hydrogens is 350 g/mol. The number of hydrogen-bond donors (Lipinski definition) is 3. The Morgan fingerprint density at radius 2 is 2.30 bits per heavy atom. The minimum absolute atomic E-state index is 0.0267. The van der Waals surface area contributed by atoms with Crippen molar-refractivity contribution in [2.24, 2.45) is 5.73 Å². The average Bonchev–Trinajstić information content (AvgIpc) is 3.32. The molecule has 0 aromatic carbocycles. The molecule has 3 aromatic heterocycles. The van der Waals surface area contributed by atoms with Crippen LogP contribution in [-0.4, -0.2) is 45.3 Å². The molecule has 1 atom stereocenters. The third kappa shape index (κ3) is 2.99. The van der Waals surface area contributed by atoms with Crippen molar-refractivity contribution in [3.63, 3.8) is 0 Å². The highest BCUT2D eigenvalue weighted by Crippen LogP contribution is 2.22. The number of carbonyl (C=O) groups excluding carboxylic acids is 1. The summed E-state index contributed by atoms with van der Waals surface area (Å²) in [6, 6.07) is 5.21. The lowest BCUT2D eigenvalue weighted by Gasteiger charge is -2.14. The predicted octanol–water partition coefficient (Wildman–Crippen LogP) is 0.737. The molecule has 27 heavy (non-hydrogen) atoms. The second-order valence-electron chi connectivity index (χ2n) is 6.21. The summed E-state index contributed by atoms with van der Waals surface area (Å²) in [5, 5.41) is 10.2. The van der Waals surface area contributed by atoms with E-state index in [1.165, 1.54) is 10.7 Å². The smallest absolute Gasteiger partial charge is 0.274 e. The first-order valence-corrected chi connectivity index (χ1v) is 8.50. The zero-order valence-corrected chi connectivity index (χ0v) is 14.7. The Hall–Kier alpha value is -3.40. The molecule has 1 aliphatic heterocycles. The fourth-order valence-electron chi connectivity index (χ4n) is 3.15. The van der Waals surface area contributed by atoms with Crippen LogP contribution in [0.2, 0.25) is 0 Å². The van der Waals surface area contributed by atoms with Crippen molar-refractivity contribution < 1.29 is 9.53 Å². The van der Waals surface area contributed by atoms with Crippen LogP contribution >= 0.6 is 0 Å². The first-order valence-electron chi connectivity index (χ1n) is 8.50. The summed E-state index contributed by atoms with van der Waals surface area (Å²) in [5.74, 6) is 0.364. The topological polar surface area (TPSA) is 129 Å². The Labute approximate surface area is 154 Å². The van der Waals surface area contributed by atoms with Gasteiger partial charge in [0.1, 0.15) is 22.9 Å². The normalized spacial score (nSPS) is 16.6. The van der Waals surface area contributed by atoms with Gasteiger partial charge in [0.2, 0.25) is 0 Å². The maximum Gasteiger partial charge on any atom is 0.274 e. The summed E-state index contributed by atoms with van der Waals surface area (Å²) in [7, 11) is 1.72. The van der Waals surface area contributed by atoms with Crippen LogP contribution in [0.5, 0.6) is 0 Å². The van der Waals surface area contributed by atoms with Crippen LogP contribution in [0.3, 0.4) is 0 Å². The summed E-state index contributed by atoms with van der Waals surface area (Å²) < 4.78 is 8.52. The highest BCUT2D eigenvalue weighted by Gasteiger charge is 2.20. The Morgan fingerprint density at radius 3 is 3.00 bits per heavy atom. The van der Waals surface area contributed by atoms with Crippen LogP contribution in [0.4, 0.5) is 17.3 Å². The number of amides is 1. The highest BCUT2D eigenvalue weighted by atomic mass is 16.5. The molecule has 1 fully saturated rings. The van der Waals surface area contributed by atoms with Crippen molar-refractivity contribution in [2.45, 2.75) is 12.5 Å². The lowest BCUT2D eigenvalue weighted by molar-refractivity contribution is 0.100. The van der Waals surface area contributed by atoms with Gasteiger partial charge in [-0.15, -0.1) is 0 Å². The van der Waals surface area contributed by atoms with Crippen LogP contribution in [0, 0.1) is 0 Å². The molecule has 1 aliphatic rings. The molecule has 4 rings (SSSR count). The van der Waals surface area contributed by atoms with Gasteiger partial charge in [0, 0.05) is 25.9 Å². The number of nitrogens with two attached hydrogens (primary N) is 1. The van der Waals surface area contributed by atoms with Gasteiger partial charge in [0.25, 0.3) is 11.5 Å². The molecule has 10 nitrogen and oxygen atoms in total. The van der Waals surface area contributed by atoms with Crippen LogP contribution in [-0.2, 0) is 4.74 Å². The van der Waals surface area contributed by atoms with E-state index in [4.69, 9.17) is 10.5 Å². The van der Waals surface area contributed by atoms with Gasteiger partial charge < -0.3 is 25.7 Å². The molecule has 4 N–H and O–H groups in total. The quantitative estimate of drug-likeness (QED) is 0.605. The third-order valence-corrected chi connectivity index (χ3v) is 4.53. The zero-order valence-electron chi connectivity index (χ0n) is 14.7. The number of nitrogens with zero attached hydrogens (tertiary/aromatic N) is 4. The summed E-state index contributed by atoms with van der Waals surface area (Å²) in [5.41, 5.74) is 6.11. The lowest BCUT2D eigenvalue weighted by atomic mass is 10.2. The molecule has 10 heteroatoms. The SMILES string of the molecule is CNc1cc(Nc2cccn(C3CCOC3)c2=O)nc2c(C(N)=O)cnn12. The summed E-state index contributed by atoms with van der Waals surface area (Å²) in [6.07, 6.45) is 3.92. The van der Waals surface area contributed by atoms with Gasteiger partial charge >= 0.3 is 0 Å². The first kappa shape index (κ1) is 17.0. The van der Waals surface area contributed by atoms with Gasteiger partial charge in [-0.25, -0.2) is 4.98 Å². The maximum atomic E-state index is 12.8. The van der Waals surface area contributed by atoms with Gasteiger partial charge in [-0.2, -0.15) is 9.61 Å². The summed E-state index contributed by atoms with van der Waals surface area (Å²) in [4.78, 5) is 28.8. The van der Waals surface area contributed by atoms with Crippen molar-refractivity contribution in [3.05, 3.63) is 46.5 Å². The Morgan fingerprint density at radius 1 is 1.44 bits per heavy atom. The molecular formula is C17H19N7O3. The largest absolute Gasteiger partial charge is 0.379 e. The summed E-state index contributed by atoms with van der Waals surface area (Å²) >= 11 is 0. The van der Waals surface area contributed by atoms with Gasteiger partial charge in [-0.1, -0.05) is 0 Å². The number of rotatable bonds is 5. The van der Waals surface area contributed by atoms with Gasteiger partial charge in [0.15, 0.2) is 5.65 Å². The zero-order chi connectivity index (χ0) is 19.0. The van der Waals surface area contributed by atoms with E-state index in [1.54, 1.807) is 36.0 Å². The van der Waals surface area contributed by atoms with E-state index in [9.17, 15) is 9.59 Å². The van der Waals surface area contributed by atoms with Crippen molar-refractivity contribution >= 4 is 28.9 Å². The number of nitrogens with one attached hydrogen (secondary N) is 2. The number of aromatic nitrogens is 4. The number of anilines is 3. The number of primary amides is 1. The Kier molecular flexibility index (Phi) is 4.24. The molecule has 0 aliphatic carbocycles. The molecule has 0 spiro atoms. The number of carbonyl (C=O) groups is 1. The molecule has 0 radical (unpaired) electrons. The van der Waals surface area contributed by atoms with Crippen LogP contribution < -0.4 is 21.9 Å². The average molecular weight is 369 g/mol. The second kappa shape index (κ2) is 6.72. The molecule has 0 saturated carbocycles. The van der Waals surface area contributed by atoms with E-state index >= 15 is 0 Å². The number of fused-ring (bicyclic) bond motifs is 1. The van der Waals surface area contributed by atoms with Crippen molar-refractivity contribution in [2.75, 3.05) is 30.9 Å². The molecule has 1 unspecified atom stereocenters. The van der Waals surface area contributed by atoms with E-state index in [0.29, 0.717) is 36.2 Å². The minimum atomic E-state index is -0.625. The molecule has 0 bridgehead atoms. The molecule has 3 aromatic rings. The Bertz CT molecular complexity index is 1070. The number of hydrogen-bond acceptors (Lipinski definition) is 7. The van der Waals surface area contributed by atoms with Crippen LogP contribution in [0.15, 0.2) is 35.4 Å². The fraction of sp³-hybridized carbons (Fsp3) is 0.294. The fourth-order valence-corrected chi connectivity index (χ4v) is 3.15. The maximum absolute atomic E-state index is 12.8. The number of ether oxygens (including phenoxy) is 1. The van der Waals surface area contributed by atoms with Gasteiger partial charge in [0.05, 0.1) is 18.8 Å². The lowest BCUT2D eigenvalue weighted by Crippen LogP contribution is -2.26.